The standard InChI is InChI=1S/C13H19N3O2/c1-9-7-10(2)15-13(14-9)16-5-3-11(4-6-16)8-12(17)18/h7,11H,3-6,8H2,1-2H3,(H,17,18). The van der Waals surface area contributed by atoms with Gasteiger partial charge < -0.3 is 10.0 Å². The van der Waals surface area contributed by atoms with Crippen molar-refractivity contribution in [1.29, 1.82) is 0 Å². The van der Waals surface area contributed by atoms with E-state index in [9.17, 15) is 4.79 Å². The van der Waals surface area contributed by atoms with Gasteiger partial charge in [-0.25, -0.2) is 9.97 Å². The van der Waals surface area contributed by atoms with Crippen molar-refractivity contribution in [3.8, 4) is 0 Å². The smallest absolute Gasteiger partial charge is 0.303 e. The summed E-state index contributed by atoms with van der Waals surface area (Å²) >= 11 is 0. The van der Waals surface area contributed by atoms with Gasteiger partial charge in [-0.3, -0.25) is 4.79 Å². The Morgan fingerprint density at radius 3 is 2.39 bits per heavy atom. The molecule has 0 atom stereocenters. The number of aliphatic carboxylic acids is 1. The van der Waals surface area contributed by atoms with E-state index in [-0.39, 0.29) is 6.42 Å². The zero-order valence-electron chi connectivity index (χ0n) is 10.9. The molecule has 0 bridgehead atoms. The molecule has 18 heavy (non-hydrogen) atoms. The third-order valence-corrected chi connectivity index (χ3v) is 3.33. The average molecular weight is 249 g/mol. The summed E-state index contributed by atoms with van der Waals surface area (Å²) in [5, 5.41) is 8.78. The quantitative estimate of drug-likeness (QED) is 0.884. The summed E-state index contributed by atoms with van der Waals surface area (Å²) < 4.78 is 0. The van der Waals surface area contributed by atoms with Crippen LogP contribution in [0.2, 0.25) is 0 Å². The number of aromatic nitrogens is 2. The highest BCUT2D eigenvalue weighted by Gasteiger charge is 2.22. The number of anilines is 1. The van der Waals surface area contributed by atoms with Crippen LogP contribution in [0.25, 0.3) is 0 Å². The lowest BCUT2D eigenvalue weighted by molar-refractivity contribution is -0.138. The highest BCUT2D eigenvalue weighted by atomic mass is 16.4. The van der Waals surface area contributed by atoms with Gasteiger partial charge in [-0.15, -0.1) is 0 Å². The molecule has 1 saturated heterocycles. The molecule has 0 aromatic carbocycles. The number of rotatable bonds is 3. The molecule has 5 heteroatoms. The third-order valence-electron chi connectivity index (χ3n) is 3.33. The van der Waals surface area contributed by atoms with Crippen LogP contribution in [0.5, 0.6) is 0 Å². The van der Waals surface area contributed by atoms with Crippen molar-refractivity contribution < 1.29 is 9.90 Å². The highest BCUT2D eigenvalue weighted by molar-refractivity contribution is 5.67. The van der Waals surface area contributed by atoms with Gasteiger partial charge in [-0.2, -0.15) is 0 Å². The molecular weight excluding hydrogens is 230 g/mol. The molecule has 0 radical (unpaired) electrons. The van der Waals surface area contributed by atoms with Crippen LogP contribution in [0.3, 0.4) is 0 Å². The highest BCUT2D eigenvalue weighted by Crippen LogP contribution is 2.23. The van der Waals surface area contributed by atoms with E-state index in [2.05, 4.69) is 14.9 Å². The first-order valence-corrected chi connectivity index (χ1v) is 6.33. The maximum Gasteiger partial charge on any atom is 0.303 e. The van der Waals surface area contributed by atoms with E-state index in [4.69, 9.17) is 5.11 Å². The van der Waals surface area contributed by atoms with E-state index >= 15 is 0 Å². The summed E-state index contributed by atoms with van der Waals surface area (Å²) in [5.74, 6) is 0.377. The number of aryl methyl sites for hydroxylation is 2. The van der Waals surface area contributed by atoms with Crippen LogP contribution >= 0.6 is 0 Å². The van der Waals surface area contributed by atoms with Gasteiger partial charge in [-0.1, -0.05) is 0 Å². The van der Waals surface area contributed by atoms with E-state index in [1.54, 1.807) is 0 Å². The summed E-state index contributed by atoms with van der Waals surface area (Å²) in [4.78, 5) is 21.7. The van der Waals surface area contributed by atoms with Gasteiger partial charge >= 0.3 is 5.97 Å². The molecule has 2 heterocycles. The minimum Gasteiger partial charge on any atom is -0.481 e. The maximum absolute atomic E-state index is 10.7. The second-order valence-corrected chi connectivity index (χ2v) is 4.98. The summed E-state index contributed by atoms with van der Waals surface area (Å²) in [6.07, 6.45) is 2.09. The number of carboxylic acids is 1. The predicted molar refractivity (Wildman–Crippen MR) is 68.7 cm³/mol. The maximum atomic E-state index is 10.7. The van der Waals surface area contributed by atoms with E-state index < -0.39 is 5.97 Å². The summed E-state index contributed by atoms with van der Waals surface area (Å²) in [6.45, 7) is 5.63. The minimum atomic E-state index is -0.698. The molecule has 2 rings (SSSR count). The minimum absolute atomic E-state index is 0.279. The second kappa shape index (κ2) is 5.33. The zero-order chi connectivity index (χ0) is 13.1. The second-order valence-electron chi connectivity index (χ2n) is 4.98. The Hall–Kier alpha value is -1.65. The van der Waals surface area contributed by atoms with Gasteiger partial charge in [-0.05, 0) is 38.7 Å². The molecule has 0 aliphatic carbocycles. The molecule has 5 nitrogen and oxygen atoms in total. The lowest BCUT2D eigenvalue weighted by Gasteiger charge is -2.31. The summed E-state index contributed by atoms with van der Waals surface area (Å²) in [7, 11) is 0. The number of carbonyl (C=O) groups is 1. The Morgan fingerprint density at radius 2 is 1.89 bits per heavy atom. The van der Waals surface area contributed by atoms with E-state index in [1.807, 2.05) is 19.9 Å². The summed E-state index contributed by atoms with van der Waals surface area (Å²) in [5.41, 5.74) is 1.95. The molecule has 1 N–H and O–H groups in total. The normalized spacial score (nSPS) is 16.9. The number of piperidine rings is 1. The van der Waals surface area contributed by atoms with Crippen LogP contribution < -0.4 is 4.90 Å². The molecule has 98 valence electrons. The van der Waals surface area contributed by atoms with Crippen LogP contribution in [-0.2, 0) is 4.79 Å². The fourth-order valence-corrected chi connectivity index (χ4v) is 2.43. The molecule has 0 saturated carbocycles. The molecule has 1 aliphatic heterocycles. The Labute approximate surface area is 107 Å². The SMILES string of the molecule is Cc1cc(C)nc(N2CCC(CC(=O)O)CC2)n1. The molecule has 1 aromatic rings. The van der Waals surface area contributed by atoms with Crippen molar-refractivity contribution in [2.45, 2.75) is 33.1 Å². The van der Waals surface area contributed by atoms with Gasteiger partial charge in [0.1, 0.15) is 0 Å². The molecule has 0 spiro atoms. The predicted octanol–water partition coefficient (Wildman–Crippen LogP) is 1.78. The fourth-order valence-electron chi connectivity index (χ4n) is 2.43. The molecule has 1 aliphatic rings. The van der Waals surface area contributed by atoms with Crippen LogP contribution in [0, 0.1) is 19.8 Å². The van der Waals surface area contributed by atoms with Crippen molar-refractivity contribution in [2.24, 2.45) is 5.92 Å². The third kappa shape index (κ3) is 3.18. The number of hydrogen-bond donors (Lipinski definition) is 1. The van der Waals surface area contributed by atoms with E-state index in [1.165, 1.54) is 0 Å². The van der Waals surface area contributed by atoms with Crippen molar-refractivity contribution in [1.82, 2.24) is 9.97 Å². The van der Waals surface area contributed by atoms with Gasteiger partial charge in [0.25, 0.3) is 0 Å². The Balaban J connectivity index is 1.98. The molecule has 0 amide bonds. The fraction of sp³-hybridized carbons (Fsp3) is 0.615. The largest absolute Gasteiger partial charge is 0.481 e. The molecule has 0 unspecified atom stereocenters. The Kier molecular flexibility index (Phi) is 3.79. The molecule has 1 aromatic heterocycles. The van der Waals surface area contributed by atoms with E-state index in [0.717, 1.165) is 43.3 Å². The lowest BCUT2D eigenvalue weighted by atomic mass is 9.94. The van der Waals surface area contributed by atoms with E-state index in [0.29, 0.717) is 5.92 Å². The van der Waals surface area contributed by atoms with Crippen molar-refractivity contribution in [2.75, 3.05) is 18.0 Å². The first-order valence-electron chi connectivity index (χ1n) is 6.33. The molecular formula is C13H19N3O2. The van der Waals surface area contributed by atoms with Gasteiger partial charge in [0.05, 0.1) is 0 Å². The van der Waals surface area contributed by atoms with Gasteiger partial charge in [0.2, 0.25) is 5.95 Å². The topological polar surface area (TPSA) is 66.3 Å². The number of nitrogens with zero attached hydrogens (tertiary/aromatic N) is 3. The average Bonchev–Trinajstić information content (AvgIpc) is 2.27. The monoisotopic (exact) mass is 249 g/mol. The number of carboxylic acid groups (broad SMARTS) is 1. The summed E-state index contributed by atoms with van der Waals surface area (Å²) in [6, 6.07) is 1.96. The molecule has 1 fully saturated rings. The zero-order valence-corrected chi connectivity index (χ0v) is 10.9. The Bertz CT molecular complexity index is 420. The van der Waals surface area contributed by atoms with Crippen LogP contribution in [0.15, 0.2) is 6.07 Å². The van der Waals surface area contributed by atoms with Crippen LogP contribution in [0.4, 0.5) is 5.95 Å². The first kappa shape index (κ1) is 12.8. The number of hydrogen-bond acceptors (Lipinski definition) is 4. The van der Waals surface area contributed by atoms with Gasteiger partial charge in [0.15, 0.2) is 0 Å². The van der Waals surface area contributed by atoms with Crippen LogP contribution in [-0.4, -0.2) is 34.1 Å². The van der Waals surface area contributed by atoms with Crippen molar-refractivity contribution in [3.05, 3.63) is 17.5 Å². The van der Waals surface area contributed by atoms with Gasteiger partial charge in [0, 0.05) is 30.9 Å². The lowest BCUT2D eigenvalue weighted by Crippen LogP contribution is -2.35. The van der Waals surface area contributed by atoms with Crippen LogP contribution in [0.1, 0.15) is 30.7 Å². The Morgan fingerprint density at radius 1 is 1.33 bits per heavy atom. The first-order chi connectivity index (χ1) is 8.54. The van der Waals surface area contributed by atoms with Crippen molar-refractivity contribution >= 4 is 11.9 Å². The van der Waals surface area contributed by atoms with Crippen molar-refractivity contribution in [3.63, 3.8) is 0 Å².